The van der Waals surface area contributed by atoms with Crippen LogP contribution in [0.15, 0.2) is 65.3 Å². The lowest BCUT2D eigenvalue weighted by atomic mass is 9.93. The molecule has 1 aliphatic rings. The number of hydrogen-bond acceptors (Lipinski definition) is 4. The van der Waals surface area contributed by atoms with E-state index in [9.17, 15) is 9.59 Å². The Morgan fingerprint density at radius 2 is 1.93 bits per heavy atom. The first-order valence-corrected chi connectivity index (χ1v) is 9.47. The summed E-state index contributed by atoms with van der Waals surface area (Å²) in [5, 5.41) is 2.82. The number of amides is 2. The molecule has 4 rings (SSSR count). The number of anilines is 1. The van der Waals surface area contributed by atoms with E-state index >= 15 is 0 Å². The van der Waals surface area contributed by atoms with Gasteiger partial charge >= 0.3 is 0 Å². The first-order valence-electron chi connectivity index (χ1n) is 9.47. The summed E-state index contributed by atoms with van der Waals surface area (Å²) in [5.41, 5.74) is 2.78. The SMILES string of the molecule is COc1cccc([C@@H]2CCN2C(=O)c2ccc(NC(=O)c3ccoc3C)cc2)c1. The maximum absolute atomic E-state index is 12.9. The lowest BCUT2D eigenvalue weighted by Crippen LogP contribution is -2.45. The molecule has 0 unspecified atom stereocenters. The maximum Gasteiger partial charge on any atom is 0.259 e. The minimum atomic E-state index is -0.240. The molecule has 29 heavy (non-hydrogen) atoms. The molecule has 2 aromatic carbocycles. The van der Waals surface area contributed by atoms with Gasteiger partial charge in [-0.1, -0.05) is 12.1 Å². The molecule has 1 atom stereocenters. The van der Waals surface area contributed by atoms with Crippen molar-refractivity contribution in [1.82, 2.24) is 4.90 Å². The van der Waals surface area contributed by atoms with E-state index < -0.39 is 0 Å². The minimum Gasteiger partial charge on any atom is -0.497 e. The molecule has 0 saturated carbocycles. The van der Waals surface area contributed by atoms with Gasteiger partial charge in [0.2, 0.25) is 0 Å². The Balaban J connectivity index is 1.44. The number of nitrogens with zero attached hydrogens (tertiary/aromatic N) is 1. The normalized spacial score (nSPS) is 15.5. The van der Waals surface area contributed by atoms with E-state index in [4.69, 9.17) is 9.15 Å². The summed E-state index contributed by atoms with van der Waals surface area (Å²) < 4.78 is 10.5. The van der Waals surface area contributed by atoms with Crippen LogP contribution in [0.5, 0.6) is 5.75 Å². The number of furan rings is 1. The first kappa shape index (κ1) is 18.8. The molecule has 6 heteroatoms. The van der Waals surface area contributed by atoms with E-state index in [-0.39, 0.29) is 17.9 Å². The highest BCUT2D eigenvalue weighted by atomic mass is 16.5. The van der Waals surface area contributed by atoms with Crippen LogP contribution < -0.4 is 10.1 Å². The molecule has 1 saturated heterocycles. The number of likely N-dealkylation sites (tertiary alicyclic amines) is 1. The van der Waals surface area contributed by atoms with Crippen LogP contribution in [0.25, 0.3) is 0 Å². The molecule has 1 N–H and O–H groups in total. The van der Waals surface area contributed by atoms with E-state index in [1.165, 1.54) is 6.26 Å². The number of aryl methyl sites for hydroxylation is 1. The van der Waals surface area contributed by atoms with Gasteiger partial charge in [0.25, 0.3) is 11.8 Å². The average Bonchev–Trinajstić information content (AvgIpc) is 3.14. The van der Waals surface area contributed by atoms with Crippen molar-refractivity contribution in [3.8, 4) is 5.75 Å². The Hall–Kier alpha value is -3.54. The van der Waals surface area contributed by atoms with Crippen molar-refractivity contribution in [3.63, 3.8) is 0 Å². The van der Waals surface area contributed by atoms with Crippen molar-refractivity contribution >= 4 is 17.5 Å². The lowest BCUT2D eigenvalue weighted by molar-refractivity contribution is 0.0460. The van der Waals surface area contributed by atoms with Gasteiger partial charge in [0, 0.05) is 17.8 Å². The van der Waals surface area contributed by atoms with Crippen molar-refractivity contribution in [2.24, 2.45) is 0 Å². The van der Waals surface area contributed by atoms with Crippen LogP contribution in [0.4, 0.5) is 5.69 Å². The summed E-state index contributed by atoms with van der Waals surface area (Å²) in [6, 6.07) is 16.5. The molecular formula is C23H22N2O4. The molecule has 0 aliphatic carbocycles. The Bertz CT molecular complexity index is 1040. The monoisotopic (exact) mass is 390 g/mol. The van der Waals surface area contributed by atoms with Crippen LogP contribution in [-0.4, -0.2) is 30.4 Å². The van der Waals surface area contributed by atoms with Crippen LogP contribution in [0.3, 0.4) is 0 Å². The molecule has 1 aromatic heterocycles. The summed E-state index contributed by atoms with van der Waals surface area (Å²) in [6.07, 6.45) is 2.41. The number of benzene rings is 2. The van der Waals surface area contributed by atoms with Crippen molar-refractivity contribution < 1.29 is 18.7 Å². The van der Waals surface area contributed by atoms with Crippen molar-refractivity contribution in [2.45, 2.75) is 19.4 Å². The molecule has 2 heterocycles. The van der Waals surface area contributed by atoms with Crippen molar-refractivity contribution in [3.05, 3.63) is 83.3 Å². The number of nitrogens with one attached hydrogen (secondary N) is 1. The second-order valence-corrected chi connectivity index (χ2v) is 7.00. The molecule has 1 fully saturated rings. The first-order chi connectivity index (χ1) is 14.1. The topological polar surface area (TPSA) is 71.8 Å². The Morgan fingerprint density at radius 3 is 2.55 bits per heavy atom. The second kappa shape index (κ2) is 7.83. The van der Waals surface area contributed by atoms with Crippen molar-refractivity contribution in [2.75, 3.05) is 19.0 Å². The molecule has 0 radical (unpaired) electrons. The van der Waals surface area contributed by atoms with Gasteiger partial charge in [-0.15, -0.1) is 0 Å². The zero-order valence-electron chi connectivity index (χ0n) is 16.3. The summed E-state index contributed by atoms with van der Waals surface area (Å²) in [6.45, 7) is 2.46. The molecule has 3 aromatic rings. The van der Waals surface area contributed by atoms with Gasteiger partial charge in [-0.2, -0.15) is 0 Å². The Kier molecular flexibility index (Phi) is 5.08. The molecule has 6 nitrogen and oxygen atoms in total. The fraction of sp³-hybridized carbons (Fsp3) is 0.217. The number of ether oxygens (including phenoxy) is 1. The van der Waals surface area contributed by atoms with E-state index in [2.05, 4.69) is 5.32 Å². The van der Waals surface area contributed by atoms with Crippen molar-refractivity contribution in [1.29, 1.82) is 0 Å². The van der Waals surface area contributed by atoms with Crippen LogP contribution in [0.2, 0.25) is 0 Å². The van der Waals surface area contributed by atoms with Crippen LogP contribution >= 0.6 is 0 Å². The largest absolute Gasteiger partial charge is 0.497 e. The minimum absolute atomic E-state index is 0.0207. The number of rotatable bonds is 5. The fourth-order valence-corrected chi connectivity index (χ4v) is 3.51. The Morgan fingerprint density at radius 1 is 1.14 bits per heavy atom. The van der Waals surface area contributed by atoms with E-state index in [1.807, 2.05) is 29.2 Å². The smallest absolute Gasteiger partial charge is 0.259 e. The third kappa shape index (κ3) is 3.74. The highest BCUT2D eigenvalue weighted by Gasteiger charge is 2.34. The molecule has 0 spiro atoms. The van der Waals surface area contributed by atoms with Gasteiger partial charge < -0.3 is 19.4 Å². The summed E-state index contributed by atoms with van der Waals surface area (Å²) in [7, 11) is 1.64. The maximum atomic E-state index is 12.9. The van der Waals surface area contributed by atoms with Crippen LogP contribution in [0, 0.1) is 6.92 Å². The van der Waals surface area contributed by atoms with E-state index in [0.717, 1.165) is 24.3 Å². The lowest BCUT2D eigenvalue weighted by Gasteiger charge is -2.41. The highest BCUT2D eigenvalue weighted by Crippen LogP contribution is 2.35. The van der Waals surface area contributed by atoms with Gasteiger partial charge in [-0.25, -0.2) is 0 Å². The number of carbonyl (C=O) groups excluding carboxylic acids is 2. The molecular weight excluding hydrogens is 368 g/mol. The standard InChI is InChI=1S/C23H22N2O4/c1-15-20(11-13-29-15)22(26)24-18-8-6-16(7-9-18)23(27)25-12-10-21(25)17-4-3-5-19(14-17)28-2/h3-9,11,13-14,21H,10,12H2,1-2H3,(H,24,26)/t21-/m0/s1. The van der Waals surface area contributed by atoms with E-state index in [0.29, 0.717) is 22.6 Å². The van der Waals surface area contributed by atoms with Crippen LogP contribution in [-0.2, 0) is 0 Å². The number of hydrogen-bond donors (Lipinski definition) is 1. The van der Waals surface area contributed by atoms with E-state index in [1.54, 1.807) is 44.4 Å². The zero-order chi connectivity index (χ0) is 20.4. The second-order valence-electron chi connectivity index (χ2n) is 7.00. The molecule has 1 aliphatic heterocycles. The number of methoxy groups -OCH3 is 1. The Labute approximate surface area is 169 Å². The number of carbonyl (C=O) groups is 2. The predicted octanol–water partition coefficient (Wildman–Crippen LogP) is 4.44. The molecule has 0 bridgehead atoms. The summed E-state index contributed by atoms with van der Waals surface area (Å²) in [5.74, 6) is 1.09. The molecule has 148 valence electrons. The van der Waals surface area contributed by atoms with Gasteiger partial charge in [0.1, 0.15) is 11.5 Å². The third-order valence-electron chi connectivity index (χ3n) is 5.25. The fourth-order valence-electron chi connectivity index (χ4n) is 3.51. The highest BCUT2D eigenvalue weighted by molar-refractivity contribution is 6.05. The molecule has 2 amide bonds. The summed E-state index contributed by atoms with van der Waals surface area (Å²) >= 11 is 0. The third-order valence-corrected chi connectivity index (χ3v) is 5.25. The van der Waals surface area contributed by atoms with Gasteiger partial charge in [0.15, 0.2) is 0 Å². The zero-order valence-corrected chi connectivity index (χ0v) is 16.3. The van der Waals surface area contributed by atoms with Gasteiger partial charge in [-0.05, 0) is 61.4 Å². The van der Waals surface area contributed by atoms with Crippen LogP contribution in [0.1, 0.15) is 44.5 Å². The summed E-state index contributed by atoms with van der Waals surface area (Å²) in [4.78, 5) is 27.1. The quantitative estimate of drug-likeness (QED) is 0.699. The predicted molar refractivity (Wildman–Crippen MR) is 109 cm³/mol. The average molecular weight is 390 g/mol. The van der Waals surface area contributed by atoms with Gasteiger partial charge in [-0.3, -0.25) is 9.59 Å². The van der Waals surface area contributed by atoms with Gasteiger partial charge in [0.05, 0.1) is 25.0 Å².